The standard InChI is InChI=1S/C23H22N2O4S/c1-14-8-9-16(10-15(14)2)20-13-30-22(25-20)17-6-5-7-18(11-17)24-19(23(27)29-4)12-21(26)28-3/h5-13,24H,1-4H3/b19-12+. The lowest BCUT2D eigenvalue weighted by atomic mass is 10.1. The highest BCUT2D eigenvalue weighted by atomic mass is 32.1. The summed E-state index contributed by atoms with van der Waals surface area (Å²) in [4.78, 5) is 28.3. The molecule has 0 aliphatic heterocycles. The normalized spacial score (nSPS) is 11.1. The van der Waals surface area contributed by atoms with Gasteiger partial charge in [-0.15, -0.1) is 11.3 Å². The third kappa shape index (κ3) is 4.93. The molecular weight excluding hydrogens is 400 g/mol. The molecule has 0 aliphatic carbocycles. The average Bonchev–Trinajstić information content (AvgIpc) is 3.25. The molecule has 3 rings (SSSR count). The number of methoxy groups -OCH3 is 2. The van der Waals surface area contributed by atoms with Gasteiger partial charge in [0.25, 0.3) is 0 Å². The Morgan fingerprint density at radius 1 is 1.00 bits per heavy atom. The van der Waals surface area contributed by atoms with Gasteiger partial charge >= 0.3 is 11.9 Å². The monoisotopic (exact) mass is 422 g/mol. The largest absolute Gasteiger partial charge is 0.466 e. The second kappa shape index (κ2) is 9.37. The second-order valence-electron chi connectivity index (χ2n) is 6.62. The van der Waals surface area contributed by atoms with Crippen LogP contribution in [0.25, 0.3) is 21.8 Å². The highest BCUT2D eigenvalue weighted by molar-refractivity contribution is 7.13. The van der Waals surface area contributed by atoms with Crippen LogP contribution in [0.4, 0.5) is 5.69 Å². The van der Waals surface area contributed by atoms with E-state index < -0.39 is 11.9 Å². The first kappa shape index (κ1) is 21.3. The Morgan fingerprint density at radius 2 is 1.80 bits per heavy atom. The zero-order valence-electron chi connectivity index (χ0n) is 17.2. The van der Waals surface area contributed by atoms with Crippen LogP contribution in [-0.4, -0.2) is 31.1 Å². The molecule has 7 heteroatoms. The number of carbonyl (C=O) groups excluding carboxylic acids is 2. The van der Waals surface area contributed by atoms with E-state index in [1.165, 1.54) is 25.3 Å². The van der Waals surface area contributed by atoms with Crippen molar-refractivity contribution in [2.45, 2.75) is 13.8 Å². The van der Waals surface area contributed by atoms with Crippen molar-refractivity contribution >= 4 is 29.0 Å². The van der Waals surface area contributed by atoms with Crippen molar-refractivity contribution in [1.82, 2.24) is 4.98 Å². The average molecular weight is 423 g/mol. The number of benzene rings is 2. The smallest absolute Gasteiger partial charge is 0.354 e. The highest BCUT2D eigenvalue weighted by Gasteiger charge is 2.14. The predicted molar refractivity (Wildman–Crippen MR) is 118 cm³/mol. The quantitative estimate of drug-likeness (QED) is 0.457. The molecule has 0 saturated carbocycles. The summed E-state index contributed by atoms with van der Waals surface area (Å²) in [6.45, 7) is 4.17. The molecular formula is C23H22N2O4S. The van der Waals surface area contributed by atoms with Gasteiger partial charge in [0.15, 0.2) is 0 Å². The van der Waals surface area contributed by atoms with Crippen LogP contribution in [0.1, 0.15) is 11.1 Å². The van der Waals surface area contributed by atoms with Gasteiger partial charge in [0.2, 0.25) is 0 Å². The molecule has 1 heterocycles. The van der Waals surface area contributed by atoms with E-state index in [9.17, 15) is 9.59 Å². The number of nitrogens with one attached hydrogen (secondary N) is 1. The van der Waals surface area contributed by atoms with E-state index in [2.05, 4.69) is 42.1 Å². The van der Waals surface area contributed by atoms with Gasteiger partial charge in [-0.05, 0) is 43.2 Å². The highest BCUT2D eigenvalue weighted by Crippen LogP contribution is 2.31. The number of aromatic nitrogens is 1. The number of hydrogen-bond acceptors (Lipinski definition) is 7. The number of nitrogens with zero attached hydrogens (tertiary/aromatic N) is 1. The zero-order chi connectivity index (χ0) is 21.7. The van der Waals surface area contributed by atoms with Gasteiger partial charge in [-0.3, -0.25) is 0 Å². The first-order valence-electron chi connectivity index (χ1n) is 9.20. The maximum atomic E-state index is 12.0. The van der Waals surface area contributed by atoms with E-state index in [0.717, 1.165) is 27.9 Å². The topological polar surface area (TPSA) is 77.5 Å². The third-order valence-electron chi connectivity index (χ3n) is 4.56. The molecule has 0 aliphatic rings. The van der Waals surface area contributed by atoms with E-state index in [1.54, 1.807) is 17.4 Å². The SMILES string of the molecule is COC(=O)/C=C(/Nc1cccc(-c2nc(-c3ccc(C)c(C)c3)cs2)c1)C(=O)OC. The minimum absolute atomic E-state index is 0.0172. The molecule has 30 heavy (non-hydrogen) atoms. The Kier molecular flexibility index (Phi) is 6.64. The van der Waals surface area contributed by atoms with Crippen molar-refractivity contribution < 1.29 is 19.1 Å². The van der Waals surface area contributed by atoms with Gasteiger partial charge in [0, 0.05) is 22.2 Å². The summed E-state index contributed by atoms with van der Waals surface area (Å²) in [6.07, 6.45) is 1.06. The van der Waals surface area contributed by atoms with E-state index in [-0.39, 0.29) is 5.70 Å². The van der Waals surface area contributed by atoms with E-state index in [1.807, 2.05) is 23.6 Å². The summed E-state index contributed by atoms with van der Waals surface area (Å²) in [5.41, 5.74) is 5.95. The summed E-state index contributed by atoms with van der Waals surface area (Å²) in [7, 11) is 2.49. The summed E-state index contributed by atoms with van der Waals surface area (Å²) >= 11 is 1.54. The van der Waals surface area contributed by atoms with Crippen molar-refractivity contribution in [2.75, 3.05) is 19.5 Å². The fourth-order valence-electron chi connectivity index (χ4n) is 2.76. The van der Waals surface area contributed by atoms with Gasteiger partial charge in [-0.25, -0.2) is 14.6 Å². The maximum absolute atomic E-state index is 12.0. The van der Waals surface area contributed by atoms with Crippen LogP contribution < -0.4 is 5.32 Å². The van der Waals surface area contributed by atoms with Gasteiger partial charge in [-0.2, -0.15) is 0 Å². The minimum Gasteiger partial charge on any atom is -0.466 e. The van der Waals surface area contributed by atoms with Gasteiger partial charge in [0.05, 0.1) is 26.0 Å². The number of aryl methyl sites for hydroxylation is 2. The lowest BCUT2D eigenvalue weighted by molar-refractivity contribution is -0.138. The summed E-state index contributed by atoms with van der Waals surface area (Å²) in [5.74, 6) is -1.32. The third-order valence-corrected chi connectivity index (χ3v) is 5.46. The van der Waals surface area contributed by atoms with Crippen molar-refractivity contribution in [3.05, 3.63) is 70.7 Å². The molecule has 0 amide bonds. The Hall–Kier alpha value is -3.45. The van der Waals surface area contributed by atoms with Gasteiger partial charge in [-0.1, -0.05) is 24.3 Å². The second-order valence-corrected chi connectivity index (χ2v) is 7.47. The van der Waals surface area contributed by atoms with Gasteiger partial charge in [0.1, 0.15) is 10.7 Å². The molecule has 0 unspecified atom stereocenters. The fraction of sp³-hybridized carbons (Fsp3) is 0.174. The molecule has 0 saturated heterocycles. The first-order chi connectivity index (χ1) is 14.4. The van der Waals surface area contributed by atoms with Crippen molar-refractivity contribution in [2.24, 2.45) is 0 Å². The molecule has 0 radical (unpaired) electrons. The van der Waals surface area contributed by atoms with Crippen LogP contribution in [0, 0.1) is 13.8 Å². The molecule has 2 aromatic carbocycles. The number of rotatable bonds is 6. The molecule has 0 atom stereocenters. The number of anilines is 1. The van der Waals surface area contributed by atoms with E-state index in [4.69, 9.17) is 9.72 Å². The van der Waals surface area contributed by atoms with Crippen molar-refractivity contribution in [3.8, 4) is 21.8 Å². The summed E-state index contributed by atoms with van der Waals surface area (Å²) < 4.78 is 9.32. The number of ether oxygens (including phenoxy) is 2. The summed E-state index contributed by atoms with van der Waals surface area (Å²) in [6, 6.07) is 13.7. The predicted octanol–water partition coefficient (Wildman–Crippen LogP) is 4.74. The Bertz CT molecular complexity index is 1120. The van der Waals surface area contributed by atoms with Crippen LogP contribution in [0.5, 0.6) is 0 Å². The minimum atomic E-state index is -0.669. The van der Waals surface area contributed by atoms with Crippen LogP contribution in [0.3, 0.4) is 0 Å². The number of hydrogen-bond donors (Lipinski definition) is 1. The van der Waals surface area contributed by atoms with Crippen LogP contribution in [0.2, 0.25) is 0 Å². The van der Waals surface area contributed by atoms with Crippen LogP contribution >= 0.6 is 11.3 Å². The molecule has 3 aromatic rings. The Labute approximate surface area is 179 Å². The number of carbonyl (C=O) groups is 2. The van der Waals surface area contributed by atoms with Gasteiger partial charge < -0.3 is 14.8 Å². The molecule has 0 fully saturated rings. The number of esters is 2. The molecule has 0 bridgehead atoms. The molecule has 0 spiro atoms. The lowest BCUT2D eigenvalue weighted by Crippen LogP contribution is -2.15. The van der Waals surface area contributed by atoms with Crippen LogP contribution in [-0.2, 0) is 19.1 Å². The van der Waals surface area contributed by atoms with Crippen molar-refractivity contribution in [1.29, 1.82) is 0 Å². The Morgan fingerprint density at radius 3 is 2.50 bits per heavy atom. The maximum Gasteiger partial charge on any atom is 0.354 e. The van der Waals surface area contributed by atoms with Crippen LogP contribution in [0.15, 0.2) is 59.6 Å². The van der Waals surface area contributed by atoms with E-state index >= 15 is 0 Å². The first-order valence-corrected chi connectivity index (χ1v) is 10.1. The zero-order valence-corrected chi connectivity index (χ0v) is 18.0. The molecule has 1 aromatic heterocycles. The summed E-state index contributed by atoms with van der Waals surface area (Å²) in [5, 5.41) is 5.79. The Balaban J connectivity index is 1.87. The number of thiazole rings is 1. The molecule has 1 N–H and O–H groups in total. The lowest BCUT2D eigenvalue weighted by Gasteiger charge is -2.10. The van der Waals surface area contributed by atoms with E-state index in [0.29, 0.717) is 5.69 Å². The molecule has 154 valence electrons. The van der Waals surface area contributed by atoms with Crippen molar-refractivity contribution in [3.63, 3.8) is 0 Å². The fourth-order valence-corrected chi connectivity index (χ4v) is 3.58. The molecule has 6 nitrogen and oxygen atoms in total.